The summed E-state index contributed by atoms with van der Waals surface area (Å²) in [6.45, 7) is 2.45. The highest BCUT2D eigenvalue weighted by atomic mass is 79.9. The lowest BCUT2D eigenvalue weighted by Crippen LogP contribution is -2.27. The molecule has 1 amide bonds. The fourth-order valence-corrected chi connectivity index (χ4v) is 2.06. The lowest BCUT2D eigenvalue weighted by Gasteiger charge is -2.17. The van der Waals surface area contributed by atoms with Crippen LogP contribution in [0.1, 0.15) is 21.7 Å². The molecule has 0 aliphatic rings. The average Bonchev–Trinajstić information content (AvgIpc) is 2.40. The molecule has 0 saturated carbocycles. The Hall–Kier alpha value is -1.68. The Kier molecular flexibility index (Phi) is 4.32. The lowest BCUT2D eigenvalue weighted by atomic mass is 10.2. The summed E-state index contributed by atoms with van der Waals surface area (Å²) in [7, 11) is 1.79. The van der Waals surface area contributed by atoms with Crippen LogP contribution in [0.3, 0.4) is 0 Å². The van der Waals surface area contributed by atoms with Gasteiger partial charge in [-0.1, -0.05) is 34.1 Å². The van der Waals surface area contributed by atoms with Crippen LogP contribution < -0.4 is 0 Å². The quantitative estimate of drug-likeness (QED) is 0.868. The van der Waals surface area contributed by atoms with E-state index in [-0.39, 0.29) is 5.91 Å². The Morgan fingerprint density at radius 2 is 1.89 bits per heavy atom. The zero-order valence-electron chi connectivity index (χ0n) is 10.9. The maximum atomic E-state index is 12.2. The number of hydrogen-bond donors (Lipinski definition) is 0. The maximum Gasteiger partial charge on any atom is 0.272 e. The number of aromatic nitrogens is 1. The molecule has 0 spiro atoms. The molecule has 0 aliphatic carbocycles. The topological polar surface area (TPSA) is 33.2 Å². The molecule has 4 heteroatoms. The number of amides is 1. The van der Waals surface area contributed by atoms with Crippen molar-refractivity contribution in [2.75, 3.05) is 7.05 Å². The largest absolute Gasteiger partial charge is 0.336 e. The number of carbonyl (C=O) groups is 1. The van der Waals surface area contributed by atoms with Gasteiger partial charge in [-0.15, -0.1) is 0 Å². The van der Waals surface area contributed by atoms with Crippen LogP contribution in [0.4, 0.5) is 0 Å². The molecular weight excluding hydrogens is 304 g/mol. The minimum Gasteiger partial charge on any atom is -0.336 e. The van der Waals surface area contributed by atoms with E-state index in [1.54, 1.807) is 18.0 Å². The number of hydrogen-bond acceptors (Lipinski definition) is 2. The number of benzene rings is 1. The van der Waals surface area contributed by atoms with Gasteiger partial charge in [0.2, 0.25) is 0 Å². The second-order valence-corrected chi connectivity index (χ2v) is 5.37. The van der Waals surface area contributed by atoms with Crippen LogP contribution >= 0.6 is 15.9 Å². The van der Waals surface area contributed by atoms with Gasteiger partial charge in [0.1, 0.15) is 5.69 Å². The van der Waals surface area contributed by atoms with E-state index in [0.29, 0.717) is 12.2 Å². The molecule has 0 unspecified atom stereocenters. The smallest absolute Gasteiger partial charge is 0.272 e. The van der Waals surface area contributed by atoms with Gasteiger partial charge in [-0.2, -0.15) is 0 Å². The van der Waals surface area contributed by atoms with E-state index in [1.165, 1.54) is 0 Å². The van der Waals surface area contributed by atoms with Gasteiger partial charge in [0.05, 0.1) is 0 Å². The third-order valence-electron chi connectivity index (χ3n) is 2.79. The Morgan fingerprint density at radius 3 is 2.53 bits per heavy atom. The van der Waals surface area contributed by atoms with E-state index in [4.69, 9.17) is 0 Å². The number of nitrogens with zero attached hydrogens (tertiary/aromatic N) is 2. The van der Waals surface area contributed by atoms with Crippen LogP contribution in [0.25, 0.3) is 0 Å². The highest BCUT2D eigenvalue weighted by Crippen LogP contribution is 2.12. The predicted molar refractivity (Wildman–Crippen MR) is 78.9 cm³/mol. The Morgan fingerprint density at radius 1 is 1.21 bits per heavy atom. The van der Waals surface area contributed by atoms with Crippen molar-refractivity contribution >= 4 is 21.8 Å². The van der Waals surface area contributed by atoms with E-state index in [9.17, 15) is 4.79 Å². The molecule has 0 N–H and O–H groups in total. The van der Waals surface area contributed by atoms with Crippen LogP contribution in [0.15, 0.2) is 46.9 Å². The zero-order chi connectivity index (χ0) is 13.8. The second kappa shape index (κ2) is 5.97. The van der Waals surface area contributed by atoms with E-state index < -0.39 is 0 Å². The van der Waals surface area contributed by atoms with E-state index in [1.807, 2.05) is 43.3 Å². The summed E-state index contributed by atoms with van der Waals surface area (Å²) in [6.07, 6.45) is 0. The first kappa shape index (κ1) is 13.7. The van der Waals surface area contributed by atoms with Crippen molar-refractivity contribution in [3.05, 3.63) is 63.9 Å². The highest BCUT2D eigenvalue weighted by Gasteiger charge is 2.13. The van der Waals surface area contributed by atoms with Crippen LogP contribution in [0.2, 0.25) is 0 Å². The number of pyridine rings is 1. The minimum absolute atomic E-state index is 0.0633. The predicted octanol–water partition coefficient (Wildman–Crippen LogP) is 3.42. The molecule has 1 heterocycles. The molecule has 19 heavy (non-hydrogen) atoms. The molecule has 98 valence electrons. The molecule has 0 saturated heterocycles. The van der Waals surface area contributed by atoms with Crippen LogP contribution in [-0.4, -0.2) is 22.8 Å². The fourth-order valence-electron chi connectivity index (χ4n) is 1.79. The molecule has 0 fully saturated rings. The SMILES string of the molecule is Cc1cccc(C(=O)N(C)Cc2ccc(Br)cc2)n1. The normalized spacial score (nSPS) is 10.3. The van der Waals surface area contributed by atoms with E-state index in [0.717, 1.165) is 15.7 Å². The van der Waals surface area contributed by atoms with Crippen molar-refractivity contribution in [3.8, 4) is 0 Å². The molecule has 0 radical (unpaired) electrons. The van der Waals surface area contributed by atoms with Gasteiger partial charge in [0.15, 0.2) is 0 Å². The van der Waals surface area contributed by atoms with Crippen molar-refractivity contribution in [2.45, 2.75) is 13.5 Å². The summed E-state index contributed by atoms with van der Waals surface area (Å²) in [4.78, 5) is 18.1. The molecule has 2 aromatic rings. The Balaban J connectivity index is 2.09. The monoisotopic (exact) mass is 318 g/mol. The van der Waals surface area contributed by atoms with Crippen molar-refractivity contribution in [3.63, 3.8) is 0 Å². The van der Waals surface area contributed by atoms with Gasteiger partial charge in [-0.05, 0) is 36.8 Å². The molecule has 3 nitrogen and oxygen atoms in total. The Bertz CT molecular complexity index is 581. The van der Waals surface area contributed by atoms with Crippen LogP contribution in [-0.2, 0) is 6.54 Å². The van der Waals surface area contributed by atoms with Crippen molar-refractivity contribution in [1.82, 2.24) is 9.88 Å². The summed E-state index contributed by atoms with van der Waals surface area (Å²) in [5.41, 5.74) is 2.43. The Labute approximate surface area is 121 Å². The van der Waals surface area contributed by atoms with Crippen molar-refractivity contribution < 1.29 is 4.79 Å². The van der Waals surface area contributed by atoms with Gasteiger partial charge < -0.3 is 4.90 Å². The summed E-state index contributed by atoms with van der Waals surface area (Å²) >= 11 is 3.39. The van der Waals surface area contributed by atoms with Gasteiger partial charge in [0.25, 0.3) is 5.91 Å². The fraction of sp³-hybridized carbons (Fsp3) is 0.200. The van der Waals surface area contributed by atoms with Gasteiger partial charge in [0, 0.05) is 23.8 Å². The third-order valence-corrected chi connectivity index (χ3v) is 3.32. The summed E-state index contributed by atoms with van der Waals surface area (Å²) in [5.74, 6) is -0.0633. The molecule has 0 aliphatic heterocycles. The first-order valence-electron chi connectivity index (χ1n) is 6.00. The first-order chi connectivity index (χ1) is 9.06. The number of carbonyl (C=O) groups excluding carboxylic acids is 1. The van der Waals surface area contributed by atoms with Crippen molar-refractivity contribution in [1.29, 1.82) is 0 Å². The molecule has 1 aromatic heterocycles. The molecule has 0 bridgehead atoms. The van der Waals surface area contributed by atoms with Crippen LogP contribution in [0, 0.1) is 6.92 Å². The maximum absolute atomic E-state index is 12.2. The van der Waals surface area contributed by atoms with Crippen molar-refractivity contribution in [2.24, 2.45) is 0 Å². The van der Waals surface area contributed by atoms with Gasteiger partial charge >= 0.3 is 0 Å². The first-order valence-corrected chi connectivity index (χ1v) is 6.79. The number of aryl methyl sites for hydroxylation is 1. The summed E-state index contributed by atoms with van der Waals surface area (Å²) in [6, 6.07) is 13.4. The second-order valence-electron chi connectivity index (χ2n) is 4.45. The van der Waals surface area contributed by atoms with Crippen LogP contribution in [0.5, 0.6) is 0 Å². The standard InChI is InChI=1S/C15H15BrN2O/c1-11-4-3-5-14(17-11)15(19)18(2)10-12-6-8-13(16)9-7-12/h3-9H,10H2,1-2H3. The summed E-state index contributed by atoms with van der Waals surface area (Å²) < 4.78 is 1.03. The zero-order valence-corrected chi connectivity index (χ0v) is 12.5. The molecule has 2 rings (SSSR count). The number of rotatable bonds is 3. The lowest BCUT2D eigenvalue weighted by molar-refractivity contribution is 0.0779. The van der Waals surface area contributed by atoms with E-state index >= 15 is 0 Å². The third kappa shape index (κ3) is 3.64. The number of halogens is 1. The van der Waals surface area contributed by atoms with Gasteiger partial charge in [-0.25, -0.2) is 4.98 Å². The molecular formula is C15H15BrN2O. The summed E-state index contributed by atoms with van der Waals surface area (Å²) in [5, 5.41) is 0. The van der Waals surface area contributed by atoms with E-state index in [2.05, 4.69) is 20.9 Å². The molecule has 0 atom stereocenters. The average molecular weight is 319 g/mol. The minimum atomic E-state index is -0.0633. The van der Waals surface area contributed by atoms with Gasteiger partial charge in [-0.3, -0.25) is 4.79 Å². The highest BCUT2D eigenvalue weighted by molar-refractivity contribution is 9.10. The molecule has 1 aromatic carbocycles.